The number of carbonyl (C=O) groups is 1. The summed E-state index contributed by atoms with van der Waals surface area (Å²) in [5.74, 6) is 0.163. The number of esters is 1. The summed E-state index contributed by atoms with van der Waals surface area (Å²) in [4.78, 5) is 11.5. The first-order valence-corrected chi connectivity index (χ1v) is 7.32. The summed E-state index contributed by atoms with van der Waals surface area (Å²) < 4.78 is 5.40. The third kappa shape index (κ3) is 5.74. The smallest absolute Gasteiger partial charge is 0.306 e. The standard InChI is InChI=1S/C17H26O3/c1-4-6-13(2)8-9-15-12-17(19)20-16(15)11-14(3)7-5-10-18/h4,6,11,15-16,18H,1,5,7-10,12H2,2-3H3/b13-6+,14-11+/t15-,16?/m0/s1. The number of aliphatic hydroxyl groups is 1. The van der Waals surface area contributed by atoms with Crippen molar-refractivity contribution in [3.05, 3.63) is 36.0 Å². The highest BCUT2D eigenvalue weighted by Gasteiger charge is 2.32. The molecule has 3 nitrogen and oxygen atoms in total. The lowest BCUT2D eigenvalue weighted by Gasteiger charge is -2.15. The first-order valence-electron chi connectivity index (χ1n) is 7.32. The predicted molar refractivity (Wildman–Crippen MR) is 81.3 cm³/mol. The van der Waals surface area contributed by atoms with Crippen molar-refractivity contribution in [1.29, 1.82) is 0 Å². The minimum atomic E-state index is -0.100. The molecule has 112 valence electrons. The Bertz CT molecular complexity index is 393. The molecule has 0 amide bonds. The molecule has 1 aliphatic rings. The molecule has 1 aliphatic heterocycles. The van der Waals surface area contributed by atoms with Crippen LogP contribution in [0.5, 0.6) is 0 Å². The van der Waals surface area contributed by atoms with E-state index in [1.165, 1.54) is 11.1 Å². The van der Waals surface area contributed by atoms with Gasteiger partial charge in [-0.1, -0.05) is 29.9 Å². The van der Waals surface area contributed by atoms with E-state index in [1.807, 2.05) is 13.0 Å². The minimum absolute atomic E-state index is 0.0993. The Balaban J connectivity index is 2.57. The molecular formula is C17H26O3. The quantitative estimate of drug-likeness (QED) is 0.419. The molecule has 0 aliphatic carbocycles. The van der Waals surface area contributed by atoms with E-state index in [-0.39, 0.29) is 24.6 Å². The van der Waals surface area contributed by atoms with E-state index in [0.717, 1.165) is 25.7 Å². The maximum atomic E-state index is 11.5. The van der Waals surface area contributed by atoms with Crippen molar-refractivity contribution in [3.63, 3.8) is 0 Å². The fourth-order valence-corrected chi connectivity index (χ4v) is 2.48. The molecule has 0 aromatic rings. The Morgan fingerprint density at radius 1 is 1.40 bits per heavy atom. The Morgan fingerprint density at radius 3 is 2.80 bits per heavy atom. The normalized spacial score (nSPS) is 23.9. The lowest BCUT2D eigenvalue weighted by molar-refractivity contribution is -0.140. The predicted octanol–water partition coefficient (Wildman–Crippen LogP) is 3.55. The third-order valence-electron chi connectivity index (χ3n) is 3.65. The molecule has 0 radical (unpaired) electrons. The van der Waals surface area contributed by atoms with Gasteiger partial charge < -0.3 is 9.84 Å². The number of rotatable bonds is 8. The first-order chi connectivity index (χ1) is 9.56. The highest BCUT2D eigenvalue weighted by molar-refractivity contribution is 5.72. The molecule has 0 spiro atoms. The average molecular weight is 278 g/mol. The lowest BCUT2D eigenvalue weighted by Crippen LogP contribution is -2.14. The summed E-state index contributed by atoms with van der Waals surface area (Å²) in [6, 6.07) is 0. The van der Waals surface area contributed by atoms with Crippen molar-refractivity contribution in [2.24, 2.45) is 5.92 Å². The molecule has 3 heteroatoms. The van der Waals surface area contributed by atoms with Crippen molar-refractivity contribution in [3.8, 4) is 0 Å². The molecule has 0 aromatic heterocycles. The Kier molecular flexibility index (Phi) is 7.31. The molecular weight excluding hydrogens is 252 g/mol. The summed E-state index contributed by atoms with van der Waals surface area (Å²) in [6.07, 6.45) is 9.80. The van der Waals surface area contributed by atoms with Gasteiger partial charge in [-0.25, -0.2) is 0 Å². The number of hydrogen-bond donors (Lipinski definition) is 1. The van der Waals surface area contributed by atoms with E-state index in [1.54, 1.807) is 6.08 Å². The van der Waals surface area contributed by atoms with Gasteiger partial charge in [-0.3, -0.25) is 4.79 Å². The van der Waals surface area contributed by atoms with Gasteiger partial charge in [0.25, 0.3) is 0 Å². The molecule has 1 N–H and O–H groups in total. The monoisotopic (exact) mass is 278 g/mol. The van der Waals surface area contributed by atoms with E-state index in [4.69, 9.17) is 9.84 Å². The molecule has 1 unspecified atom stereocenters. The number of hydrogen-bond acceptors (Lipinski definition) is 3. The number of carbonyl (C=O) groups excluding carboxylic acids is 1. The van der Waals surface area contributed by atoms with Crippen LogP contribution in [0.4, 0.5) is 0 Å². The average Bonchev–Trinajstić information content (AvgIpc) is 2.74. The van der Waals surface area contributed by atoms with Gasteiger partial charge in [0.15, 0.2) is 0 Å². The van der Waals surface area contributed by atoms with Crippen molar-refractivity contribution >= 4 is 5.97 Å². The Morgan fingerprint density at radius 2 is 2.15 bits per heavy atom. The van der Waals surface area contributed by atoms with Crippen molar-refractivity contribution in [2.45, 2.75) is 52.1 Å². The zero-order valence-electron chi connectivity index (χ0n) is 12.6. The largest absolute Gasteiger partial charge is 0.458 e. The van der Waals surface area contributed by atoms with Gasteiger partial charge in [-0.15, -0.1) is 0 Å². The molecule has 1 heterocycles. The van der Waals surface area contributed by atoms with Gasteiger partial charge in [0, 0.05) is 12.5 Å². The summed E-state index contributed by atoms with van der Waals surface area (Å²) in [7, 11) is 0. The zero-order valence-corrected chi connectivity index (χ0v) is 12.6. The van der Waals surface area contributed by atoms with Crippen LogP contribution in [0.3, 0.4) is 0 Å². The van der Waals surface area contributed by atoms with Crippen LogP contribution in [0.1, 0.15) is 46.0 Å². The minimum Gasteiger partial charge on any atom is -0.458 e. The second-order valence-corrected chi connectivity index (χ2v) is 5.55. The summed E-state index contributed by atoms with van der Waals surface area (Å²) >= 11 is 0. The molecule has 1 saturated heterocycles. The van der Waals surface area contributed by atoms with Crippen LogP contribution in [0, 0.1) is 5.92 Å². The van der Waals surface area contributed by atoms with Crippen molar-refractivity contribution < 1.29 is 14.6 Å². The zero-order chi connectivity index (χ0) is 15.0. The van der Waals surface area contributed by atoms with Crippen LogP contribution in [0.15, 0.2) is 36.0 Å². The SMILES string of the molecule is C=C/C=C(\C)CC[C@H]1CC(=O)OC1/C=C(\C)CCCO. The molecule has 0 aromatic carbocycles. The van der Waals surface area contributed by atoms with Gasteiger partial charge in [-0.05, 0) is 45.6 Å². The van der Waals surface area contributed by atoms with Crippen LogP contribution < -0.4 is 0 Å². The van der Waals surface area contributed by atoms with E-state index < -0.39 is 0 Å². The maximum Gasteiger partial charge on any atom is 0.306 e. The number of allylic oxidation sites excluding steroid dienone is 4. The number of cyclic esters (lactones) is 1. The van der Waals surface area contributed by atoms with Crippen molar-refractivity contribution in [2.75, 3.05) is 6.61 Å². The molecule has 20 heavy (non-hydrogen) atoms. The number of aliphatic hydroxyl groups excluding tert-OH is 1. The third-order valence-corrected chi connectivity index (χ3v) is 3.65. The van der Waals surface area contributed by atoms with Crippen LogP contribution in [0.2, 0.25) is 0 Å². The molecule has 0 saturated carbocycles. The molecule has 1 fully saturated rings. The summed E-state index contributed by atoms with van der Waals surface area (Å²) in [6.45, 7) is 8.00. The van der Waals surface area contributed by atoms with E-state index in [2.05, 4.69) is 19.6 Å². The fourth-order valence-electron chi connectivity index (χ4n) is 2.48. The molecule has 0 bridgehead atoms. The highest BCUT2D eigenvalue weighted by Crippen LogP contribution is 2.29. The molecule has 2 atom stereocenters. The van der Waals surface area contributed by atoms with E-state index >= 15 is 0 Å². The molecule has 1 rings (SSSR count). The van der Waals surface area contributed by atoms with Gasteiger partial charge in [0.1, 0.15) is 6.10 Å². The lowest BCUT2D eigenvalue weighted by atomic mass is 9.92. The van der Waals surface area contributed by atoms with Crippen LogP contribution >= 0.6 is 0 Å². The Labute approximate surface area is 122 Å². The van der Waals surface area contributed by atoms with E-state index in [9.17, 15) is 4.79 Å². The summed E-state index contributed by atoms with van der Waals surface area (Å²) in [5, 5.41) is 8.84. The summed E-state index contributed by atoms with van der Waals surface area (Å²) in [5.41, 5.74) is 2.46. The number of ether oxygens (including phenoxy) is 1. The highest BCUT2D eigenvalue weighted by atomic mass is 16.5. The van der Waals surface area contributed by atoms with Crippen LogP contribution in [-0.2, 0) is 9.53 Å². The second-order valence-electron chi connectivity index (χ2n) is 5.55. The topological polar surface area (TPSA) is 46.5 Å². The van der Waals surface area contributed by atoms with Gasteiger partial charge in [-0.2, -0.15) is 0 Å². The van der Waals surface area contributed by atoms with Gasteiger partial charge in [0.05, 0.1) is 6.42 Å². The van der Waals surface area contributed by atoms with Gasteiger partial charge in [0.2, 0.25) is 0 Å². The van der Waals surface area contributed by atoms with Crippen LogP contribution in [-0.4, -0.2) is 23.8 Å². The maximum absolute atomic E-state index is 11.5. The van der Waals surface area contributed by atoms with E-state index in [0.29, 0.717) is 6.42 Å². The van der Waals surface area contributed by atoms with Crippen molar-refractivity contribution in [1.82, 2.24) is 0 Å². The Hall–Kier alpha value is -1.35. The van der Waals surface area contributed by atoms with Gasteiger partial charge >= 0.3 is 5.97 Å². The van der Waals surface area contributed by atoms with Crippen LogP contribution in [0.25, 0.3) is 0 Å². The first kappa shape index (κ1) is 16.7. The second kappa shape index (κ2) is 8.75. The fraction of sp³-hybridized carbons (Fsp3) is 0.588.